The van der Waals surface area contributed by atoms with Crippen LogP contribution >= 0.6 is 0 Å². The summed E-state index contributed by atoms with van der Waals surface area (Å²) in [6.07, 6.45) is 6.22. The molecule has 3 rings (SSSR count). The number of nitrogens with zero attached hydrogens (tertiary/aromatic N) is 1. The van der Waals surface area contributed by atoms with Gasteiger partial charge in [0.15, 0.2) is 11.6 Å². The summed E-state index contributed by atoms with van der Waals surface area (Å²) in [4.78, 5) is 2.39. The molecular formula is C21H33FN2O. The van der Waals surface area contributed by atoms with Crippen molar-refractivity contribution in [3.63, 3.8) is 0 Å². The largest absolute Gasteiger partial charge is 0.488 e. The van der Waals surface area contributed by atoms with E-state index in [4.69, 9.17) is 10.5 Å². The summed E-state index contributed by atoms with van der Waals surface area (Å²) in [5, 5.41) is 0. The third-order valence-corrected chi connectivity index (χ3v) is 5.31. The molecule has 0 radical (unpaired) electrons. The van der Waals surface area contributed by atoms with E-state index in [1.54, 1.807) is 0 Å². The Morgan fingerprint density at radius 1 is 1.20 bits per heavy atom. The Bertz CT molecular complexity index is 590. The van der Waals surface area contributed by atoms with Crippen LogP contribution in [-0.2, 0) is 13.0 Å². The number of nitrogens with two attached hydrogens (primary N) is 1. The zero-order valence-electron chi connectivity index (χ0n) is 16.0. The molecule has 140 valence electrons. The predicted molar refractivity (Wildman–Crippen MR) is 101 cm³/mol. The number of likely N-dealkylation sites (tertiary alicyclic amines) is 1. The van der Waals surface area contributed by atoms with Gasteiger partial charge in [0.25, 0.3) is 0 Å². The van der Waals surface area contributed by atoms with Gasteiger partial charge in [-0.05, 0) is 76.1 Å². The molecule has 0 amide bonds. The Labute approximate surface area is 151 Å². The van der Waals surface area contributed by atoms with Crippen LogP contribution in [0.5, 0.6) is 5.75 Å². The van der Waals surface area contributed by atoms with Gasteiger partial charge in [0, 0.05) is 18.2 Å². The van der Waals surface area contributed by atoms with E-state index >= 15 is 4.39 Å². The number of benzene rings is 1. The van der Waals surface area contributed by atoms with Crippen LogP contribution in [0.15, 0.2) is 6.07 Å². The molecule has 2 N–H and O–H groups in total. The van der Waals surface area contributed by atoms with Gasteiger partial charge in [0.1, 0.15) is 0 Å². The van der Waals surface area contributed by atoms with Gasteiger partial charge in [-0.3, -0.25) is 4.90 Å². The molecule has 2 fully saturated rings. The van der Waals surface area contributed by atoms with Gasteiger partial charge in [-0.1, -0.05) is 19.4 Å². The quantitative estimate of drug-likeness (QED) is 0.795. The molecule has 0 atom stereocenters. The highest BCUT2D eigenvalue weighted by Gasteiger charge is 2.32. The summed E-state index contributed by atoms with van der Waals surface area (Å²) >= 11 is 0. The van der Waals surface area contributed by atoms with Gasteiger partial charge in [0.2, 0.25) is 0 Å². The van der Waals surface area contributed by atoms with Crippen LogP contribution in [0.3, 0.4) is 0 Å². The molecule has 1 saturated heterocycles. The second-order valence-electron chi connectivity index (χ2n) is 8.06. The highest BCUT2D eigenvalue weighted by Crippen LogP contribution is 2.46. The summed E-state index contributed by atoms with van der Waals surface area (Å²) in [6.45, 7) is 8.83. The molecule has 1 heterocycles. The van der Waals surface area contributed by atoms with Crippen molar-refractivity contribution >= 4 is 0 Å². The average Bonchev–Trinajstić information content (AvgIpc) is 3.38. The lowest BCUT2D eigenvalue weighted by molar-refractivity contribution is 0.192. The molecular weight excluding hydrogens is 315 g/mol. The maximum atomic E-state index is 15.4. The Kier molecular flexibility index (Phi) is 6.00. The Hall–Kier alpha value is -1.13. The molecule has 1 aromatic rings. The van der Waals surface area contributed by atoms with Crippen LogP contribution in [0.1, 0.15) is 75.5 Å². The minimum Gasteiger partial charge on any atom is -0.488 e. The molecule has 4 heteroatoms. The maximum Gasteiger partial charge on any atom is 0.169 e. The SMILES string of the molecule is CCCc1cc(CN2CCC(N)CC2)c(OC(C)C)c(F)c1C1CC1. The number of hydrogen-bond donors (Lipinski definition) is 1. The van der Waals surface area contributed by atoms with Crippen molar-refractivity contribution < 1.29 is 9.13 Å². The van der Waals surface area contributed by atoms with Crippen LogP contribution < -0.4 is 10.5 Å². The van der Waals surface area contributed by atoms with Crippen LogP contribution in [0.2, 0.25) is 0 Å². The third kappa shape index (κ3) is 4.53. The van der Waals surface area contributed by atoms with Gasteiger partial charge < -0.3 is 10.5 Å². The number of hydrogen-bond acceptors (Lipinski definition) is 3. The molecule has 0 spiro atoms. The summed E-state index contributed by atoms with van der Waals surface area (Å²) in [6, 6.07) is 2.54. The van der Waals surface area contributed by atoms with E-state index in [-0.39, 0.29) is 11.9 Å². The molecule has 1 aromatic carbocycles. The van der Waals surface area contributed by atoms with E-state index in [9.17, 15) is 0 Å². The van der Waals surface area contributed by atoms with E-state index in [1.165, 1.54) is 5.56 Å². The molecule has 0 unspecified atom stereocenters. The monoisotopic (exact) mass is 348 g/mol. The fourth-order valence-electron chi connectivity index (χ4n) is 3.88. The molecule has 1 saturated carbocycles. The lowest BCUT2D eigenvalue weighted by Gasteiger charge is -2.31. The van der Waals surface area contributed by atoms with Gasteiger partial charge in [-0.2, -0.15) is 0 Å². The highest BCUT2D eigenvalue weighted by molar-refractivity contribution is 5.47. The molecule has 2 aliphatic rings. The fraction of sp³-hybridized carbons (Fsp3) is 0.714. The molecule has 1 aliphatic heterocycles. The summed E-state index contributed by atoms with van der Waals surface area (Å²) in [5.74, 6) is 0.801. The van der Waals surface area contributed by atoms with Gasteiger partial charge in [0.05, 0.1) is 6.10 Å². The summed E-state index contributed by atoms with van der Waals surface area (Å²) in [5.41, 5.74) is 9.16. The number of halogens is 1. The van der Waals surface area contributed by atoms with E-state index < -0.39 is 0 Å². The minimum absolute atomic E-state index is 0.0212. The second-order valence-corrected chi connectivity index (χ2v) is 8.06. The highest BCUT2D eigenvalue weighted by atomic mass is 19.1. The lowest BCUT2D eigenvalue weighted by atomic mass is 9.94. The Morgan fingerprint density at radius 2 is 1.88 bits per heavy atom. The van der Waals surface area contributed by atoms with E-state index in [0.717, 1.165) is 69.3 Å². The van der Waals surface area contributed by atoms with Crippen molar-refractivity contribution in [2.24, 2.45) is 5.73 Å². The number of rotatable bonds is 7. The predicted octanol–water partition coefficient (Wildman–Crippen LogP) is 4.37. The standard InChI is InChI=1S/C21H33FN2O/c1-4-5-16-12-17(13-24-10-8-18(23)9-11-24)21(25-14(2)3)20(22)19(16)15-6-7-15/h12,14-15,18H,4-11,13,23H2,1-3H3. The van der Waals surface area contributed by atoms with Gasteiger partial charge in [-0.15, -0.1) is 0 Å². The first kappa shape index (κ1) is 18.7. The number of ether oxygens (including phenoxy) is 1. The van der Waals surface area contributed by atoms with Crippen molar-refractivity contribution in [3.8, 4) is 5.75 Å². The molecule has 25 heavy (non-hydrogen) atoms. The summed E-state index contributed by atoms with van der Waals surface area (Å²) < 4.78 is 21.4. The first-order valence-corrected chi connectivity index (χ1v) is 9.98. The molecule has 1 aliphatic carbocycles. The topological polar surface area (TPSA) is 38.5 Å². The number of piperidine rings is 1. The van der Waals surface area contributed by atoms with Crippen molar-refractivity contribution in [2.45, 2.75) is 83.9 Å². The Morgan fingerprint density at radius 3 is 2.44 bits per heavy atom. The summed E-state index contributed by atoms with van der Waals surface area (Å²) in [7, 11) is 0. The zero-order chi connectivity index (χ0) is 18.0. The normalized spacial score (nSPS) is 19.6. The maximum absolute atomic E-state index is 15.4. The van der Waals surface area contributed by atoms with Gasteiger partial charge in [-0.25, -0.2) is 4.39 Å². The fourth-order valence-corrected chi connectivity index (χ4v) is 3.88. The first-order chi connectivity index (χ1) is 12.0. The van der Waals surface area contributed by atoms with Crippen LogP contribution in [0, 0.1) is 5.82 Å². The zero-order valence-corrected chi connectivity index (χ0v) is 16.0. The minimum atomic E-state index is -0.0918. The van der Waals surface area contributed by atoms with E-state index in [0.29, 0.717) is 17.7 Å². The van der Waals surface area contributed by atoms with Gasteiger partial charge >= 0.3 is 0 Å². The smallest absolute Gasteiger partial charge is 0.169 e. The molecule has 0 aromatic heterocycles. The average molecular weight is 349 g/mol. The van der Waals surface area contributed by atoms with Crippen LogP contribution in [0.25, 0.3) is 0 Å². The Balaban J connectivity index is 1.93. The first-order valence-electron chi connectivity index (χ1n) is 9.98. The molecule has 0 bridgehead atoms. The third-order valence-electron chi connectivity index (χ3n) is 5.31. The number of aryl methyl sites for hydroxylation is 1. The van der Waals surface area contributed by atoms with Crippen LogP contribution in [0.4, 0.5) is 4.39 Å². The van der Waals surface area contributed by atoms with E-state index in [1.807, 2.05) is 13.8 Å². The second kappa shape index (κ2) is 8.05. The van der Waals surface area contributed by atoms with Crippen LogP contribution in [-0.4, -0.2) is 30.1 Å². The molecule has 3 nitrogen and oxygen atoms in total. The van der Waals surface area contributed by atoms with Crippen molar-refractivity contribution in [2.75, 3.05) is 13.1 Å². The van der Waals surface area contributed by atoms with E-state index in [2.05, 4.69) is 17.9 Å². The lowest BCUT2D eigenvalue weighted by Crippen LogP contribution is -2.39. The van der Waals surface area contributed by atoms with Crippen molar-refractivity contribution in [1.82, 2.24) is 4.90 Å². The van der Waals surface area contributed by atoms with Crippen molar-refractivity contribution in [3.05, 3.63) is 28.6 Å². The van der Waals surface area contributed by atoms with Crippen molar-refractivity contribution in [1.29, 1.82) is 0 Å².